The molecule has 1 aliphatic rings. The highest BCUT2D eigenvalue weighted by atomic mass is 19.1. The molecule has 1 atom stereocenters. The summed E-state index contributed by atoms with van der Waals surface area (Å²) in [6.07, 6.45) is 2.00. The number of rotatable bonds is 4. The van der Waals surface area contributed by atoms with Gasteiger partial charge in [0.05, 0.1) is 0 Å². The highest BCUT2D eigenvalue weighted by Gasteiger charge is 2.31. The fraction of sp³-hybridized carbons (Fsp3) is 0.933. The van der Waals surface area contributed by atoms with Gasteiger partial charge >= 0.3 is 6.09 Å². The lowest BCUT2D eigenvalue weighted by atomic mass is 9.86. The third-order valence-electron chi connectivity index (χ3n) is 3.53. The van der Waals surface area contributed by atoms with Crippen LogP contribution in [0.25, 0.3) is 0 Å². The van der Waals surface area contributed by atoms with Gasteiger partial charge in [-0.1, -0.05) is 0 Å². The third-order valence-corrected chi connectivity index (χ3v) is 3.53. The average Bonchev–Trinajstić information content (AvgIpc) is 2.26. The summed E-state index contributed by atoms with van der Waals surface area (Å²) >= 11 is 0. The van der Waals surface area contributed by atoms with Crippen LogP contribution in [-0.4, -0.2) is 48.9 Å². The van der Waals surface area contributed by atoms with E-state index < -0.39 is 11.3 Å². The van der Waals surface area contributed by atoms with Crippen LogP contribution in [0.15, 0.2) is 0 Å². The van der Waals surface area contributed by atoms with Gasteiger partial charge in [0.2, 0.25) is 0 Å². The van der Waals surface area contributed by atoms with E-state index in [9.17, 15) is 9.18 Å². The Labute approximate surface area is 122 Å². The van der Waals surface area contributed by atoms with E-state index in [2.05, 4.69) is 5.32 Å². The van der Waals surface area contributed by atoms with Crippen molar-refractivity contribution < 1.29 is 13.9 Å². The first-order chi connectivity index (χ1) is 9.13. The molecule has 0 aromatic heterocycles. The van der Waals surface area contributed by atoms with Gasteiger partial charge in [-0.05, 0) is 59.9 Å². The summed E-state index contributed by atoms with van der Waals surface area (Å²) in [5.74, 6) is 0.344. The number of alkyl halides is 1. The zero-order valence-corrected chi connectivity index (χ0v) is 13.5. The van der Waals surface area contributed by atoms with Crippen LogP contribution < -0.4 is 5.32 Å². The summed E-state index contributed by atoms with van der Waals surface area (Å²) in [4.78, 5) is 13.7. The maximum Gasteiger partial charge on any atom is 0.410 e. The Kier molecular flexibility index (Phi) is 5.80. The second-order valence-electron chi connectivity index (χ2n) is 7.06. The standard InChI is InChI=1S/C15H29FN2O2/c1-14(2,3)20-13(19)18-8-6-12(7-9-18)10-15(4,16)11-17-5/h12,17H,6-11H2,1-5H3. The number of nitrogens with one attached hydrogen (secondary N) is 1. The minimum absolute atomic E-state index is 0.255. The van der Waals surface area contributed by atoms with Crippen LogP contribution >= 0.6 is 0 Å². The van der Waals surface area contributed by atoms with Gasteiger partial charge in [0.1, 0.15) is 11.3 Å². The van der Waals surface area contributed by atoms with Crippen molar-refractivity contribution in [3.63, 3.8) is 0 Å². The molecule has 1 fully saturated rings. The predicted molar refractivity (Wildman–Crippen MR) is 78.6 cm³/mol. The molecular formula is C15H29FN2O2. The van der Waals surface area contributed by atoms with Crippen LogP contribution in [0.5, 0.6) is 0 Å². The van der Waals surface area contributed by atoms with Crippen LogP contribution in [0.4, 0.5) is 9.18 Å². The lowest BCUT2D eigenvalue weighted by molar-refractivity contribution is 0.0156. The van der Waals surface area contributed by atoms with Crippen molar-refractivity contribution in [3.8, 4) is 0 Å². The van der Waals surface area contributed by atoms with Crippen LogP contribution in [-0.2, 0) is 4.74 Å². The van der Waals surface area contributed by atoms with Gasteiger partial charge in [0, 0.05) is 19.6 Å². The molecule has 0 spiro atoms. The molecule has 1 aliphatic heterocycles. The van der Waals surface area contributed by atoms with E-state index in [0.29, 0.717) is 32.0 Å². The van der Waals surface area contributed by atoms with E-state index in [0.717, 1.165) is 12.8 Å². The Morgan fingerprint density at radius 2 is 1.85 bits per heavy atom. The molecule has 1 saturated heterocycles. The van der Waals surface area contributed by atoms with Gasteiger partial charge < -0.3 is 15.0 Å². The zero-order valence-electron chi connectivity index (χ0n) is 13.5. The van der Waals surface area contributed by atoms with Gasteiger partial charge in [-0.15, -0.1) is 0 Å². The third kappa shape index (κ3) is 6.07. The number of piperidine rings is 1. The summed E-state index contributed by atoms with van der Waals surface area (Å²) in [6, 6.07) is 0. The van der Waals surface area contributed by atoms with Crippen molar-refractivity contribution in [2.75, 3.05) is 26.7 Å². The summed E-state index contributed by atoms with van der Waals surface area (Å²) in [7, 11) is 1.77. The van der Waals surface area contributed by atoms with Crippen LogP contribution in [0.2, 0.25) is 0 Å². The molecule has 0 bridgehead atoms. The summed E-state index contributed by atoms with van der Waals surface area (Å²) < 4.78 is 19.5. The fourth-order valence-corrected chi connectivity index (χ4v) is 2.69. The number of halogens is 1. The number of hydrogen-bond donors (Lipinski definition) is 1. The summed E-state index contributed by atoms with van der Waals surface area (Å²) in [6.45, 7) is 8.94. The molecule has 0 aromatic carbocycles. The fourth-order valence-electron chi connectivity index (χ4n) is 2.69. The molecule has 0 saturated carbocycles. The number of likely N-dealkylation sites (tertiary alicyclic amines) is 1. The van der Waals surface area contributed by atoms with Gasteiger partial charge in [0.15, 0.2) is 0 Å². The smallest absolute Gasteiger partial charge is 0.410 e. The molecule has 0 aromatic rings. The highest BCUT2D eigenvalue weighted by Crippen LogP contribution is 2.29. The van der Waals surface area contributed by atoms with Gasteiger partial charge in [0.25, 0.3) is 0 Å². The topological polar surface area (TPSA) is 41.6 Å². The minimum atomic E-state index is -1.17. The van der Waals surface area contributed by atoms with Crippen molar-refractivity contribution in [1.82, 2.24) is 10.2 Å². The van der Waals surface area contributed by atoms with Gasteiger partial charge in [-0.3, -0.25) is 0 Å². The minimum Gasteiger partial charge on any atom is -0.444 e. The quantitative estimate of drug-likeness (QED) is 0.864. The predicted octanol–water partition coefficient (Wildman–Crippen LogP) is 2.97. The van der Waals surface area contributed by atoms with Crippen LogP contribution in [0.3, 0.4) is 0 Å². The van der Waals surface area contributed by atoms with Crippen molar-refractivity contribution in [2.24, 2.45) is 5.92 Å². The van der Waals surface area contributed by atoms with E-state index in [-0.39, 0.29) is 6.09 Å². The Morgan fingerprint density at radius 3 is 2.30 bits per heavy atom. The highest BCUT2D eigenvalue weighted by molar-refractivity contribution is 5.68. The van der Waals surface area contributed by atoms with Crippen molar-refractivity contribution >= 4 is 6.09 Å². The van der Waals surface area contributed by atoms with E-state index in [1.807, 2.05) is 20.8 Å². The molecule has 0 aliphatic carbocycles. The number of ether oxygens (including phenoxy) is 1. The van der Waals surface area contributed by atoms with Crippen LogP contribution in [0, 0.1) is 5.92 Å². The van der Waals surface area contributed by atoms with E-state index in [4.69, 9.17) is 4.74 Å². The second-order valence-corrected chi connectivity index (χ2v) is 7.06. The van der Waals surface area contributed by atoms with E-state index in [1.165, 1.54) is 0 Å². The maximum atomic E-state index is 14.2. The second kappa shape index (κ2) is 6.74. The molecule has 1 heterocycles. The molecule has 1 unspecified atom stereocenters. The lowest BCUT2D eigenvalue weighted by Gasteiger charge is -2.35. The molecule has 1 N–H and O–H groups in total. The van der Waals surface area contributed by atoms with Crippen LogP contribution in [0.1, 0.15) is 47.0 Å². The summed E-state index contributed by atoms with van der Waals surface area (Å²) in [5, 5.41) is 2.89. The Morgan fingerprint density at radius 1 is 1.30 bits per heavy atom. The monoisotopic (exact) mass is 288 g/mol. The van der Waals surface area contributed by atoms with E-state index >= 15 is 0 Å². The largest absolute Gasteiger partial charge is 0.444 e. The molecule has 0 radical (unpaired) electrons. The average molecular weight is 288 g/mol. The first-order valence-corrected chi connectivity index (χ1v) is 7.44. The first kappa shape index (κ1) is 17.2. The van der Waals surface area contributed by atoms with Gasteiger partial charge in [-0.2, -0.15) is 0 Å². The van der Waals surface area contributed by atoms with Gasteiger partial charge in [-0.25, -0.2) is 9.18 Å². The lowest BCUT2D eigenvalue weighted by Crippen LogP contribution is -2.43. The van der Waals surface area contributed by atoms with Crippen molar-refractivity contribution in [1.29, 1.82) is 0 Å². The normalized spacial score (nSPS) is 20.6. The molecule has 1 amide bonds. The number of carbonyl (C=O) groups is 1. The number of hydrogen-bond acceptors (Lipinski definition) is 3. The molecule has 4 nitrogen and oxygen atoms in total. The molecule has 20 heavy (non-hydrogen) atoms. The first-order valence-electron chi connectivity index (χ1n) is 7.44. The molecular weight excluding hydrogens is 259 g/mol. The SMILES string of the molecule is CNCC(C)(F)CC1CCN(C(=O)OC(C)(C)C)CC1. The van der Waals surface area contributed by atoms with Crippen molar-refractivity contribution in [2.45, 2.75) is 58.2 Å². The molecule has 1 rings (SSSR count). The van der Waals surface area contributed by atoms with E-state index in [1.54, 1.807) is 18.9 Å². The summed E-state index contributed by atoms with van der Waals surface area (Å²) in [5.41, 5.74) is -1.63. The number of nitrogens with zero attached hydrogens (tertiary/aromatic N) is 1. The Hall–Kier alpha value is -0.840. The number of amides is 1. The number of carbonyl (C=O) groups excluding carboxylic acids is 1. The Balaban J connectivity index is 2.38. The van der Waals surface area contributed by atoms with Crippen molar-refractivity contribution in [3.05, 3.63) is 0 Å². The Bertz CT molecular complexity index is 318. The maximum absolute atomic E-state index is 14.2. The molecule has 118 valence electrons. The zero-order chi connectivity index (χ0) is 15.4. The molecule has 5 heteroatoms.